The van der Waals surface area contributed by atoms with Crippen molar-refractivity contribution in [2.24, 2.45) is 11.8 Å². The van der Waals surface area contributed by atoms with Crippen LogP contribution in [0, 0.1) is 31.5 Å². The SMILES string of the molecule is CCC1CCC(C(=O)N2CCN(Cc3cc(F)cc(NC(=O)c4ccc(C)nc4)c3C)CC2)C1. The monoisotopic (exact) mass is 466 g/mol. The molecule has 2 atom stereocenters. The minimum absolute atomic E-state index is 0.192. The van der Waals surface area contributed by atoms with Crippen LogP contribution in [0.1, 0.15) is 59.8 Å². The average molecular weight is 467 g/mol. The second-order valence-electron chi connectivity index (χ2n) is 9.77. The molecule has 4 rings (SSSR count). The summed E-state index contributed by atoms with van der Waals surface area (Å²) in [4.78, 5) is 34.0. The molecule has 0 spiro atoms. The van der Waals surface area contributed by atoms with E-state index in [1.807, 2.05) is 18.7 Å². The van der Waals surface area contributed by atoms with Gasteiger partial charge in [0.1, 0.15) is 5.82 Å². The van der Waals surface area contributed by atoms with Crippen molar-refractivity contribution < 1.29 is 14.0 Å². The molecule has 2 aromatic rings. The Morgan fingerprint density at radius 1 is 1.12 bits per heavy atom. The number of aromatic nitrogens is 1. The molecular weight excluding hydrogens is 431 g/mol. The second kappa shape index (κ2) is 10.6. The number of rotatable bonds is 6. The number of hydrogen-bond donors (Lipinski definition) is 1. The van der Waals surface area contributed by atoms with Gasteiger partial charge in [-0.25, -0.2) is 4.39 Å². The number of halogens is 1. The lowest BCUT2D eigenvalue weighted by Gasteiger charge is -2.36. The van der Waals surface area contributed by atoms with Crippen molar-refractivity contribution in [1.29, 1.82) is 0 Å². The lowest BCUT2D eigenvalue weighted by atomic mass is 10.0. The van der Waals surface area contributed by atoms with Gasteiger partial charge in [-0.05, 0) is 74.4 Å². The zero-order chi connectivity index (χ0) is 24.2. The number of hydrogen-bond acceptors (Lipinski definition) is 4. The molecular formula is C27H35FN4O2. The highest BCUT2D eigenvalue weighted by molar-refractivity contribution is 6.04. The summed E-state index contributed by atoms with van der Waals surface area (Å²) in [5, 5.41) is 2.84. The van der Waals surface area contributed by atoms with Crippen molar-refractivity contribution in [3.63, 3.8) is 0 Å². The van der Waals surface area contributed by atoms with Crippen molar-refractivity contribution in [1.82, 2.24) is 14.8 Å². The summed E-state index contributed by atoms with van der Waals surface area (Å²) in [5.74, 6) is 0.517. The summed E-state index contributed by atoms with van der Waals surface area (Å²) in [7, 11) is 0. The van der Waals surface area contributed by atoms with E-state index in [1.54, 1.807) is 18.2 Å². The highest BCUT2D eigenvalue weighted by Gasteiger charge is 2.33. The van der Waals surface area contributed by atoms with E-state index in [-0.39, 0.29) is 17.6 Å². The fourth-order valence-electron chi connectivity index (χ4n) is 5.12. The molecule has 1 aliphatic heterocycles. The molecule has 2 fully saturated rings. The Labute approximate surface area is 201 Å². The molecule has 2 aliphatic rings. The standard InChI is InChI=1S/C27H35FN4O2/c1-4-20-6-8-21(13-20)27(34)32-11-9-31(10-12-32)17-23-14-24(28)15-25(19(23)3)30-26(33)22-7-5-18(2)29-16-22/h5,7,14-16,20-21H,4,6,8-13,17H2,1-3H3,(H,30,33). The van der Waals surface area contributed by atoms with Gasteiger partial charge in [0, 0.05) is 56.2 Å². The third-order valence-electron chi connectivity index (χ3n) is 7.45. The molecule has 34 heavy (non-hydrogen) atoms. The van der Waals surface area contributed by atoms with Crippen LogP contribution in [0.15, 0.2) is 30.5 Å². The third-order valence-corrected chi connectivity index (χ3v) is 7.45. The van der Waals surface area contributed by atoms with E-state index < -0.39 is 0 Å². The van der Waals surface area contributed by atoms with Crippen LogP contribution >= 0.6 is 0 Å². The molecule has 7 heteroatoms. The number of carbonyl (C=O) groups is 2. The van der Waals surface area contributed by atoms with Crippen LogP contribution in [0.2, 0.25) is 0 Å². The van der Waals surface area contributed by atoms with Crippen molar-refractivity contribution >= 4 is 17.5 Å². The van der Waals surface area contributed by atoms with Crippen LogP contribution in [-0.2, 0) is 11.3 Å². The van der Waals surface area contributed by atoms with E-state index in [0.29, 0.717) is 42.7 Å². The van der Waals surface area contributed by atoms with Gasteiger partial charge in [-0.3, -0.25) is 19.5 Å². The van der Waals surface area contributed by atoms with E-state index in [9.17, 15) is 14.0 Å². The molecule has 1 aromatic carbocycles. The second-order valence-corrected chi connectivity index (χ2v) is 9.77. The summed E-state index contributed by atoms with van der Waals surface area (Å²) in [6.45, 7) is 9.52. The summed E-state index contributed by atoms with van der Waals surface area (Å²) < 4.78 is 14.4. The fraction of sp³-hybridized carbons (Fsp3) is 0.519. The van der Waals surface area contributed by atoms with E-state index >= 15 is 0 Å². The molecule has 1 saturated carbocycles. The summed E-state index contributed by atoms with van der Waals surface area (Å²) >= 11 is 0. The number of anilines is 1. The Hall–Kier alpha value is -2.80. The van der Waals surface area contributed by atoms with Crippen molar-refractivity contribution in [2.45, 2.75) is 53.0 Å². The number of aryl methyl sites for hydroxylation is 1. The van der Waals surface area contributed by atoms with Gasteiger partial charge in [-0.2, -0.15) is 0 Å². The van der Waals surface area contributed by atoms with Gasteiger partial charge in [0.15, 0.2) is 0 Å². The molecule has 182 valence electrons. The van der Waals surface area contributed by atoms with Crippen molar-refractivity contribution in [2.75, 3.05) is 31.5 Å². The maximum Gasteiger partial charge on any atom is 0.257 e. The van der Waals surface area contributed by atoms with Gasteiger partial charge >= 0.3 is 0 Å². The first kappa shape index (κ1) is 24.3. The molecule has 2 heterocycles. The van der Waals surface area contributed by atoms with Crippen LogP contribution in [-0.4, -0.2) is 52.8 Å². The third kappa shape index (κ3) is 5.63. The van der Waals surface area contributed by atoms with E-state index in [2.05, 4.69) is 22.1 Å². The maximum absolute atomic E-state index is 14.4. The van der Waals surface area contributed by atoms with Gasteiger partial charge in [0.05, 0.1) is 5.56 Å². The van der Waals surface area contributed by atoms with Gasteiger partial charge in [0.2, 0.25) is 5.91 Å². The van der Waals surface area contributed by atoms with E-state index in [4.69, 9.17) is 0 Å². The Morgan fingerprint density at radius 2 is 1.88 bits per heavy atom. The van der Waals surface area contributed by atoms with Gasteiger partial charge < -0.3 is 10.2 Å². The molecule has 2 unspecified atom stereocenters. The Bertz CT molecular complexity index is 1030. The lowest BCUT2D eigenvalue weighted by molar-refractivity contribution is -0.137. The first-order valence-electron chi connectivity index (χ1n) is 12.4. The van der Waals surface area contributed by atoms with Crippen LogP contribution in [0.25, 0.3) is 0 Å². The summed E-state index contributed by atoms with van der Waals surface area (Å²) in [5.41, 5.74) is 3.43. The number of amides is 2. The molecule has 6 nitrogen and oxygen atoms in total. The number of piperazine rings is 1. The van der Waals surface area contributed by atoms with Crippen molar-refractivity contribution in [3.05, 3.63) is 58.7 Å². The Morgan fingerprint density at radius 3 is 2.53 bits per heavy atom. The van der Waals surface area contributed by atoms with E-state index in [0.717, 1.165) is 49.2 Å². The highest BCUT2D eigenvalue weighted by Crippen LogP contribution is 2.34. The predicted molar refractivity (Wildman–Crippen MR) is 131 cm³/mol. The number of pyridine rings is 1. The molecule has 0 bridgehead atoms. The molecule has 1 N–H and O–H groups in total. The fourth-order valence-corrected chi connectivity index (χ4v) is 5.12. The minimum Gasteiger partial charge on any atom is -0.340 e. The van der Waals surface area contributed by atoms with Crippen molar-refractivity contribution in [3.8, 4) is 0 Å². The number of carbonyl (C=O) groups excluding carboxylic acids is 2. The minimum atomic E-state index is -0.376. The zero-order valence-corrected chi connectivity index (χ0v) is 20.4. The molecule has 2 amide bonds. The van der Waals surface area contributed by atoms with E-state index in [1.165, 1.54) is 18.7 Å². The topological polar surface area (TPSA) is 65.5 Å². The average Bonchev–Trinajstić information content (AvgIpc) is 3.32. The summed E-state index contributed by atoms with van der Waals surface area (Å²) in [6, 6.07) is 6.39. The summed E-state index contributed by atoms with van der Waals surface area (Å²) in [6.07, 6.45) is 5.91. The number of nitrogens with zero attached hydrogens (tertiary/aromatic N) is 3. The maximum atomic E-state index is 14.4. The largest absolute Gasteiger partial charge is 0.340 e. The Kier molecular flexibility index (Phi) is 7.61. The smallest absolute Gasteiger partial charge is 0.257 e. The van der Waals surface area contributed by atoms with Crippen LogP contribution in [0.3, 0.4) is 0 Å². The number of benzene rings is 1. The number of nitrogens with one attached hydrogen (secondary N) is 1. The zero-order valence-electron chi connectivity index (χ0n) is 20.4. The molecule has 0 radical (unpaired) electrons. The normalized spacial score (nSPS) is 21.0. The lowest BCUT2D eigenvalue weighted by Crippen LogP contribution is -2.49. The predicted octanol–water partition coefficient (Wildman–Crippen LogP) is 4.56. The van der Waals surface area contributed by atoms with Crippen LogP contribution in [0.5, 0.6) is 0 Å². The van der Waals surface area contributed by atoms with Crippen LogP contribution in [0.4, 0.5) is 10.1 Å². The first-order chi connectivity index (χ1) is 16.3. The van der Waals surface area contributed by atoms with Crippen LogP contribution < -0.4 is 5.32 Å². The highest BCUT2D eigenvalue weighted by atomic mass is 19.1. The van der Waals surface area contributed by atoms with Gasteiger partial charge in [-0.1, -0.05) is 13.3 Å². The Balaban J connectivity index is 1.36. The molecule has 1 saturated heterocycles. The van der Waals surface area contributed by atoms with Gasteiger partial charge in [-0.15, -0.1) is 0 Å². The molecule has 1 aromatic heterocycles. The quantitative estimate of drug-likeness (QED) is 0.678. The van der Waals surface area contributed by atoms with Gasteiger partial charge in [0.25, 0.3) is 5.91 Å². The first-order valence-corrected chi connectivity index (χ1v) is 12.4. The molecule has 1 aliphatic carbocycles.